The molecular weight excluding hydrogens is 342 g/mol. The van der Waals surface area contributed by atoms with Crippen LogP contribution in [0.3, 0.4) is 0 Å². The molecule has 152 valence electrons. The molecule has 0 spiro atoms. The Bertz CT molecular complexity index is 635. The molecule has 2 saturated heterocycles. The third-order valence-corrected chi connectivity index (χ3v) is 5.51. The number of hydrogen-bond acceptors (Lipinski definition) is 5. The summed E-state index contributed by atoms with van der Waals surface area (Å²) in [4.78, 5) is 21.6. The number of carbonyl (C=O) groups is 1. The number of carbonyl (C=O) groups excluding carboxylic acids is 1. The molecule has 0 unspecified atom stereocenters. The van der Waals surface area contributed by atoms with E-state index in [1.54, 1.807) is 0 Å². The van der Waals surface area contributed by atoms with Crippen LogP contribution < -0.4 is 0 Å². The number of piperidine rings is 1. The van der Waals surface area contributed by atoms with Crippen LogP contribution in [0.2, 0.25) is 0 Å². The van der Waals surface area contributed by atoms with Crippen molar-refractivity contribution in [3.8, 4) is 0 Å². The van der Waals surface area contributed by atoms with E-state index in [0.29, 0.717) is 12.0 Å². The normalized spacial score (nSPS) is 24.6. The predicted octanol–water partition coefficient (Wildman–Crippen LogP) is 4.55. The number of oxazole rings is 1. The molecule has 2 aliphatic rings. The van der Waals surface area contributed by atoms with Gasteiger partial charge in [-0.1, -0.05) is 20.3 Å². The van der Waals surface area contributed by atoms with E-state index in [2.05, 4.69) is 23.7 Å². The largest absolute Gasteiger partial charge is 0.444 e. The van der Waals surface area contributed by atoms with Gasteiger partial charge in [-0.25, -0.2) is 9.78 Å². The minimum atomic E-state index is -0.457. The third-order valence-electron chi connectivity index (χ3n) is 5.51. The van der Waals surface area contributed by atoms with Gasteiger partial charge in [0.05, 0.1) is 18.8 Å². The standard InChI is InChI=1S/C21H35N3O3/c1-15(2)18-13-22-19(26-18)14-23-11-7-6-9-16(23)17-10-8-12-24(17)20(25)27-21(3,4)5/h13,15-17H,6-12,14H2,1-5H3/t16-,17+/m0/s1. The summed E-state index contributed by atoms with van der Waals surface area (Å²) in [7, 11) is 0. The fourth-order valence-electron chi connectivity index (χ4n) is 4.23. The molecule has 1 amide bonds. The first-order chi connectivity index (χ1) is 12.7. The van der Waals surface area contributed by atoms with E-state index in [1.807, 2.05) is 31.9 Å². The van der Waals surface area contributed by atoms with Crippen LogP contribution in [0.5, 0.6) is 0 Å². The van der Waals surface area contributed by atoms with Crippen molar-refractivity contribution in [1.82, 2.24) is 14.8 Å². The lowest BCUT2D eigenvalue weighted by molar-refractivity contribution is 0.00533. The van der Waals surface area contributed by atoms with Gasteiger partial charge < -0.3 is 14.1 Å². The Kier molecular flexibility index (Phi) is 6.14. The minimum Gasteiger partial charge on any atom is -0.444 e. The van der Waals surface area contributed by atoms with Crippen LogP contribution >= 0.6 is 0 Å². The maximum Gasteiger partial charge on any atom is 0.410 e. The first-order valence-corrected chi connectivity index (χ1v) is 10.4. The second kappa shape index (κ2) is 8.21. The Labute approximate surface area is 163 Å². The Hall–Kier alpha value is -1.56. The van der Waals surface area contributed by atoms with Gasteiger partial charge in [0, 0.05) is 18.5 Å². The third kappa shape index (κ3) is 5.03. The quantitative estimate of drug-likeness (QED) is 0.770. The monoisotopic (exact) mass is 377 g/mol. The molecule has 0 N–H and O–H groups in total. The van der Waals surface area contributed by atoms with Crippen molar-refractivity contribution in [1.29, 1.82) is 0 Å². The Balaban J connectivity index is 1.70. The van der Waals surface area contributed by atoms with Crippen molar-refractivity contribution in [2.24, 2.45) is 0 Å². The van der Waals surface area contributed by atoms with E-state index in [1.165, 1.54) is 12.8 Å². The van der Waals surface area contributed by atoms with E-state index >= 15 is 0 Å². The van der Waals surface area contributed by atoms with Gasteiger partial charge in [0.1, 0.15) is 11.4 Å². The molecule has 2 atom stereocenters. The number of nitrogens with zero attached hydrogens (tertiary/aromatic N) is 3. The summed E-state index contributed by atoms with van der Waals surface area (Å²) >= 11 is 0. The molecule has 1 aromatic rings. The van der Waals surface area contributed by atoms with Crippen LogP contribution in [0.15, 0.2) is 10.6 Å². The number of hydrogen-bond donors (Lipinski definition) is 0. The van der Waals surface area contributed by atoms with Gasteiger partial charge in [-0.05, 0) is 53.0 Å². The van der Waals surface area contributed by atoms with Gasteiger partial charge >= 0.3 is 6.09 Å². The highest BCUT2D eigenvalue weighted by Gasteiger charge is 2.40. The first kappa shape index (κ1) is 20.2. The second-order valence-corrected chi connectivity index (χ2v) is 9.23. The lowest BCUT2D eigenvalue weighted by atomic mass is 9.94. The Morgan fingerprint density at radius 2 is 1.96 bits per heavy atom. The van der Waals surface area contributed by atoms with Gasteiger partial charge in [-0.15, -0.1) is 0 Å². The molecular formula is C21H35N3O3. The highest BCUT2D eigenvalue weighted by atomic mass is 16.6. The van der Waals surface area contributed by atoms with Crippen LogP contribution in [-0.2, 0) is 11.3 Å². The second-order valence-electron chi connectivity index (χ2n) is 9.23. The van der Waals surface area contributed by atoms with Crippen molar-refractivity contribution >= 4 is 6.09 Å². The highest BCUT2D eigenvalue weighted by molar-refractivity contribution is 5.69. The van der Waals surface area contributed by atoms with E-state index in [4.69, 9.17) is 9.15 Å². The van der Waals surface area contributed by atoms with E-state index in [9.17, 15) is 4.79 Å². The number of amides is 1. The van der Waals surface area contributed by atoms with Gasteiger partial charge in [-0.2, -0.15) is 0 Å². The molecule has 0 radical (unpaired) electrons. The van der Waals surface area contributed by atoms with Crippen molar-refractivity contribution in [2.45, 2.75) is 96.9 Å². The topological polar surface area (TPSA) is 58.8 Å². The Morgan fingerprint density at radius 3 is 2.63 bits per heavy atom. The van der Waals surface area contributed by atoms with Crippen molar-refractivity contribution in [3.05, 3.63) is 17.8 Å². The molecule has 2 aliphatic heterocycles. The molecule has 0 aliphatic carbocycles. The van der Waals surface area contributed by atoms with E-state index in [-0.39, 0.29) is 12.1 Å². The van der Waals surface area contributed by atoms with Crippen LogP contribution in [-0.4, -0.2) is 51.7 Å². The molecule has 2 fully saturated rings. The van der Waals surface area contributed by atoms with Crippen LogP contribution in [0.1, 0.15) is 84.3 Å². The number of likely N-dealkylation sites (tertiary alicyclic amines) is 2. The zero-order valence-electron chi connectivity index (χ0n) is 17.5. The Morgan fingerprint density at radius 1 is 1.22 bits per heavy atom. The lowest BCUT2D eigenvalue weighted by Gasteiger charge is -2.41. The molecule has 0 bridgehead atoms. The van der Waals surface area contributed by atoms with Gasteiger partial charge in [0.15, 0.2) is 0 Å². The summed E-state index contributed by atoms with van der Waals surface area (Å²) < 4.78 is 11.6. The molecule has 6 heteroatoms. The molecule has 0 saturated carbocycles. The zero-order valence-corrected chi connectivity index (χ0v) is 17.5. The summed E-state index contributed by atoms with van der Waals surface area (Å²) in [5.74, 6) is 2.07. The maximum absolute atomic E-state index is 12.7. The fraction of sp³-hybridized carbons (Fsp3) is 0.810. The van der Waals surface area contributed by atoms with Crippen LogP contribution in [0.4, 0.5) is 4.79 Å². The molecule has 1 aromatic heterocycles. The molecule has 6 nitrogen and oxygen atoms in total. The molecule has 27 heavy (non-hydrogen) atoms. The molecule has 0 aromatic carbocycles. The lowest BCUT2D eigenvalue weighted by Crippen LogP contribution is -2.53. The molecule has 3 heterocycles. The number of aromatic nitrogens is 1. The first-order valence-electron chi connectivity index (χ1n) is 10.4. The average molecular weight is 378 g/mol. The number of ether oxygens (including phenoxy) is 1. The van der Waals surface area contributed by atoms with Crippen LogP contribution in [0.25, 0.3) is 0 Å². The highest BCUT2D eigenvalue weighted by Crippen LogP contribution is 2.31. The molecule has 3 rings (SSSR count). The average Bonchev–Trinajstić information content (AvgIpc) is 3.23. The van der Waals surface area contributed by atoms with Gasteiger partial charge in [0.25, 0.3) is 0 Å². The summed E-state index contributed by atoms with van der Waals surface area (Å²) in [6.45, 7) is 12.6. The van der Waals surface area contributed by atoms with Gasteiger partial charge in [0.2, 0.25) is 5.89 Å². The van der Waals surface area contributed by atoms with E-state index in [0.717, 1.165) is 50.5 Å². The van der Waals surface area contributed by atoms with Crippen molar-refractivity contribution < 1.29 is 13.9 Å². The summed E-state index contributed by atoms with van der Waals surface area (Å²) in [5.41, 5.74) is -0.457. The maximum atomic E-state index is 12.7. The smallest absolute Gasteiger partial charge is 0.410 e. The van der Waals surface area contributed by atoms with Gasteiger partial charge in [-0.3, -0.25) is 4.90 Å². The zero-order chi connectivity index (χ0) is 19.6. The van der Waals surface area contributed by atoms with E-state index < -0.39 is 5.60 Å². The summed E-state index contributed by atoms with van der Waals surface area (Å²) in [5, 5.41) is 0. The summed E-state index contributed by atoms with van der Waals surface area (Å²) in [6.07, 6.45) is 7.28. The fourth-order valence-corrected chi connectivity index (χ4v) is 4.23. The summed E-state index contributed by atoms with van der Waals surface area (Å²) in [6, 6.07) is 0.572. The predicted molar refractivity (Wildman–Crippen MR) is 105 cm³/mol. The SMILES string of the molecule is CC(C)c1cnc(CN2CCCC[C@H]2[C@H]2CCCN2C(=O)OC(C)(C)C)o1. The van der Waals surface area contributed by atoms with Crippen molar-refractivity contribution in [2.75, 3.05) is 13.1 Å². The number of rotatable bonds is 4. The minimum absolute atomic E-state index is 0.172. The van der Waals surface area contributed by atoms with Crippen molar-refractivity contribution in [3.63, 3.8) is 0 Å². The van der Waals surface area contributed by atoms with Crippen LogP contribution in [0, 0.1) is 0 Å².